The molecule has 5 saturated heterocycles. The number of fused-ring (bicyclic) bond motifs is 12. The van der Waals surface area contributed by atoms with Gasteiger partial charge in [-0.1, -0.05) is 12.8 Å². The van der Waals surface area contributed by atoms with E-state index in [9.17, 15) is 9.59 Å². The van der Waals surface area contributed by atoms with Crippen LogP contribution in [0.2, 0.25) is 0 Å². The van der Waals surface area contributed by atoms with E-state index in [1.165, 1.54) is 81.4 Å². The summed E-state index contributed by atoms with van der Waals surface area (Å²) in [5, 5.41) is 0. The lowest BCUT2D eigenvalue weighted by molar-refractivity contribution is -0.134. The highest BCUT2D eigenvalue weighted by molar-refractivity contribution is 5.87. The van der Waals surface area contributed by atoms with Crippen molar-refractivity contribution in [1.82, 2.24) is 19.3 Å². The van der Waals surface area contributed by atoms with Crippen LogP contribution < -0.4 is 5.56 Å². The molecule has 0 unspecified atom stereocenters. The Bertz CT molecular complexity index is 1190. The summed E-state index contributed by atoms with van der Waals surface area (Å²) in [6, 6.07) is 5.75. The van der Waals surface area contributed by atoms with Crippen LogP contribution in [0, 0.1) is 17.8 Å². The number of carbonyl (C=O) groups is 1. The molecule has 7 aliphatic heterocycles. The summed E-state index contributed by atoms with van der Waals surface area (Å²) >= 11 is 0. The van der Waals surface area contributed by atoms with Crippen LogP contribution in [0.3, 0.4) is 0 Å². The number of piperidine rings is 5. The molecular formula is C30H40N4O2. The fourth-order valence-electron chi connectivity index (χ4n) is 9.69. The highest BCUT2D eigenvalue weighted by Gasteiger charge is 2.48. The molecule has 0 aliphatic carbocycles. The lowest BCUT2D eigenvalue weighted by Gasteiger charge is -2.54. The summed E-state index contributed by atoms with van der Waals surface area (Å²) in [4.78, 5) is 34.9. The van der Waals surface area contributed by atoms with E-state index < -0.39 is 0 Å². The maximum absolute atomic E-state index is 14.2. The third-order valence-corrected chi connectivity index (χ3v) is 11.2. The molecule has 5 fully saturated rings. The van der Waals surface area contributed by atoms with E-state index in [2.05, 4.69) is 31.4 Å². The molecule has 0 saturated carbocycles. The average Bonchev–Trinajstić information content (AvgIpc) is 2.90. The summed E-state index contributed by atoms with van der Waals surface area (Å²) in [6.45, 7) is 6.38. The molecule has 6 heteroatoms. The number of amides is 1. The molecule has 1 aromatic heterocycles. The zero-order valence-electron chi connectivity index (χ0n) is 21.5. The molecule has 36 heavy (non-hydrogen) atoms. The number of pyridine rings is 1. The second-order valence-corrected chi connectivity index (χ2v) is 13.0. The molecule has 0 N–H and O–H groups in total. The van der Waals surface area contributed by atoms with Crippen molar-refractivity contribution in [3.63, 3.8) is 0 Å². The van der Waals surface area contributed by atoms with Gasteiger partial charge in [-0.3, -0.25) is 19.4 Å². The number of rotatable bonds is 1. The molecule has 0 radical (unpaired) electrons. The van der Waals surface area contributed by atoms with Crippen LogP contribution in [0.5, 0.6) is 0 Å². The standard InChI is InChI=1S/C30H40N4O2/c35-28-10-8-23(29-22-14-21(18-34(28)29)26-6-2-4-12-32(26)16-22)24-7-9-27-19-13-20(17-33(27)30(24)36)25-5-1-3-11-31(25)15-19/h7,9,19-22,25-26H,1-6,8,10-18H2/t19-,20-,21+,22-,25+,26+/m1/s1. The second kappa shape index (κ2) is 8.29. The van der Waals surface area contributed by atoms with E-state index in [4.69, 9.17) is 0 Å². The van der Waals surface area contributed by atoms with Crippen LogP contribution in [-0.4, -0.2) is 70.0 Å². The monoisotopic (exact) mass is 488 g/mol. The van der Waals surface area contributed by atoms with Crippen molar-refractivity contribution in [2.75, 3.05) is 32.7 Å². The lowest BCUT2D eigenvalue weighted by Crippen LogP contribution is -2.59. The fourth-order valence-corrected chi connectivity index (χ4v) is 9.69. The Hall–Kier alpha value is -1.92. The van der Waals surface area contributed by atoms with Gasteiger partial charge in [0.2, 0.25) is 5.91 Å². The topological polar surface area (TPSA) is 48.8 Å². The average molecular weight is 489 g/mol. The van der Waals surface area contributed by atoms with Gasteiger partial charge in [-0.05, 0) is 87.6 Å². The van der Waals surface area contributed by atoms with Crippen molar-refractivity contribution in [1.29, 1.82) is 0 Å². The zero-order chi connectivity index (χ0) is 24.0. The van der Waals surface area contributed by atoms with E-state index >= 15 is 0 Å². The highest BCUT2D eigenvalue weighted by Crippen LogP contribution is 2.47. The van der Waals surface area contributed by atoms with Gasteiger partial charge in [0.15, 0.2) is 0 Å². The first kappa shape index (κ1) is 22.1. The number of hydrogen-bond acceptors (Lipinski definition) is 4. The Morgan fingerprint density at radius 3 is 2.19 bits per heavy atom. The maximum atomic E-state index is 14.2. The minimum atomic E-state index is 0.219. The first-order chi connectivity index (χ1) is 17.7. The van der Waals surface area contributed by atoms with Crippen LogP contribution in [-0.2, 0) is 11.3 Å². The van der Waals surface area contributed by atoms with Crippen LogP contribution >= 0.6 is 0 Å². The smallest absolute Gasteiger partial charge is 0.258 e. The largest absolute Gasteiger partial charge is 0.315 e. The van der Waals surface area contributed by atoms with Gasteiger partial charge in [0.25, 0.3) is 5.56 Å². The van der Waals surface area contributed by atoms with Crippen LogP contribution in [0.4, 0.5) is 0 Å². The summed E-state index contributed by atoms with van der Waals surface area (Å²) in [5.74, 6) is 2.38. The number of hydrogen-bond donors (Lipinski definition) is 0. The molecule has 0 spiro atoms. The number of allylic oxidation sites excluding steroid dienone is 1. The Morgan fingerprint density at radius 1 is 0.722 bits per heavy atom. The molecule has 192 valence electrons. The van der Waals surface area contributed by atoms with Crippen molar-refractivity contribution >= 4 is 11.5 Å². The summed E-state index contributed by atoms with van der Waals surface area (Å²) in [5.41, 5.74) is 4.79. The van der Waals surface area contributed by atoms with Gasteiger partial charge in [0, 0.05) is 73.5 Å². The van der Waals surface area contributed by atoms with Gasteiger partial charge in [-0.25, -0.2) is 0 Å². The van der Waals surface area contributed by atoms with Gasteiger partial charge in [-0.15, -0.1) is 0 Å². The molecule has 1 aromatic rings. The van der Waals surface area contributed by atoms with E-state index in [1.807, 2.05) is 0 Å². The Morgan fingerprint density at radius 2 is 1.42 bits per heavy atom. The molecule has 0 aromatic carbocycles. The molecular weight excluding hydrogens is 448 g/mol. The van der Waals surface area contributed by atoms with E-state index in [-0.39, 0.29) is 11.5 Å². The molecule has 6 nitrogen and oxygen atoms in total. The first-order valence-electron chi connectivity index (χ1n) is 14.9. The second-order valence-electron chi connectivity index (χ2n) is 13.0. The normalized spacial score (nSPS) is 38.2. The van der Waals surface area contributed by atoms with Gasteiger partial charge < -0.3 is 9.47 Å². The molecule has 1 amide bonds. The van der Waals surface area contributed by atoms with Crippen molar-refractivity contribution in [2.45, 2.75) is 88.8 Å². The molecule has 6 atom stereocenters. The number of nitrogens with zero attached hydrogens (tertiary/aromatic N) is 4. The van der Waals surface area contributed by atoms with Gasteiger partial charge in [0.05, 0.1) is 0 Å². The van der Waals surface area contributed by atoms with E-state index in [1.54, 1.807) is 0 Å². The SMILES string of the molecule is O=C1CCC(c2ccc3n(c2=O)C[C@H]2C[C@@H]3CN3CCCC[C@@H]23)=C2[C@@H]3C[C@@H](CN12)[C@@H]1CCCCN1C3. The van der Waals surface area contributed by atoms with Crippen molar-refractivity contribution < 1.29 is 4.79 Å². The van der Waals surface area contributed by atoms with Crippen molar-refractivity contribution in [2.24, 2.45) is 17.8 Å². The lowest BCUT2D eigenvalue weighted by atomic mass is 9.72. The van der Waals surface area contributed by atoms with Gasteiger partial charge >= 0.3 is 0 Å². The van der Waals surface area contributed by atoms with E-state index in [0.717, 1.165) is 38.2 Å². The van der Waals surface area contributed by atoms with Crippen molar-refractivity contribution in [3.05, 3.63) is 39.4 Å². The Kier molecular flexibility index (Phi) is 5.09. The summed E-state index contributed by atoms with van der Waals surface area (Å²) in [7, 11) is 0. The van der Waals surface area contributed by atoms with Crippen LogP contribution in [0.15, 0.2) is 22.6 Å². The predicted octanol–water partition coefficient (Wildman–Crippen LogP) is 3.66. The highest BCUT2D eigenvalue weighted by atomic mass is 16.2. The molecule has 8 rings (SSSR count). The van der Waals surface area contributed by atoms with Gasteiger partial charge in [-0.2, -0.15) is 0 Å². The quantitative estimate of drug-likeness (QED) is 0.606. The van der Waals surface area contributed by atoms with Crippen LogP contribution in [0.25, 0.3) is 5.57 Å². The number of aromatic nitrogens is 1. The Labute approximate surface area is 214 Å². The van der Waals surface area contributed by atoms with Crippen molar-refractivity contribution in [3.8, 4) is 0 Å². The van der Waals surface area contributed by atoms with E-state index in [0.29, 0.717) is 42.2 Å². The minimum Gasteiger partial charge on any atom is -0.315 e. The Balaban J connectivity index is 1.19. The summed E-state index contributed by atoms with van der Waals surface area (Å²) in [6.07, 6.45) is 11.6. The zero-order valence-corrected chi connectivity index (χ0v) is 21.5. The summed E-state index contributed by atoms with van der Waals surface area (Å²) < 4.78 is 2.17. The van der Waals surface area contributed by atoms with Gasteiger partial charge in [0.1, 0.15) is 0 Å². The first-order valence-corrected chi connectivity index (χ1v) is 14.9. The minimum absolute atomic E-state index is 0.219. The fraction of sp³-hybridized carbons (Fsp3) is 0.733. The third-order valence-electron chi connectivity index (χ3n) is 11.2. The van der Waals surface area contributed by atoms with Crippen LogP contribution in [0.1, 0.15) is 81.4 Å². The molecule has 8 heterocycles. The predicted molar refractivity (Wildman–Crippen MR) is 139 cm³/mol. The molecule has 7 aliphatic rings. The third kappa shape index (κ3) is 3.22. The maximum Gasteiger partial charge on any atom is 0.258 e. The number of carbonyl (C=O) groups excluding carboxylic acids is 1. The molecule has 4 bridgehead atoms.